The smallest absolute Gasteiger partial charge is 0.277 e. The normalized spacial score (nSPS) is 14.6. The van der Waals surface area contributed by atoms with Crippen LogP contribution >= 0.6 is 0 Å². The van der Waals surface area contributed by atoms with Crippen LogP contribution < -0.4 is 15.0 Å². The Bertz CT molecular complexity index is 1350. The summed E-state index contributed by atoms with van der Waals surface area (Å²) >= 11 is 0. The lowest BCUT2D eigenvalue weighted by Crippen LogP contribution is -2.36. The summed E-state index contributed by atoms with van der Waals surface area (Å²) in [4.78, 5) is 24.1. The summed E-state index contributed by atoms with van der Waals surface area (Å²) in [6.45, 7) is 2.38. The summed E-state index contributed by atoms with van der Waals surface area (Å²) in [6.07, 6.45) is 0.516. The Labute approximate surface area is 206 Å². The van der Waals surface area contributed by atoms with Crippen LogP contribution in [0, 0.1) is 0 Å². The molecule has 11 heteroatoms. The van der Waals surface area contributed by atoms with E-state index >= 15 is 0 Å². The predicted octanol–water partition coefficient (Wildman–Crippen LogP) is 1.61. The van der Waals surface area contributed by atoms with Crippen molar-refractivity contribution in [2.24, 2.45) is 0 Å². The Hall–Kier alpha value is -4.06. The molecule has 1 fully saturated rings. The number of rotatable bonds is 8. The van der Waals surface area contributed by atoms with Gasteiger partial charge in [-0.25, -0.2) is 14.5 Å². The minimum atomic E-state index is -0.959. The molecule has 186 valence electrons. The largest absolute Gasteiger partial charge is 0.491 e. The number of nitrogens with zero attached hydrogens (tertiary/aromatic N) is 5. The quantitative estimate of drug-likeness (QED) is 0.337. The van der Waals surface area contributed by atoms with Crippen LogP contribution in [0.4, 0.5) is 11.6 Å². The van der Waals surface area contributed by atoms with Crippen molar-refractivity contribution < 1.29 is 24.5 Å². The number of morpholine rings is 1. The Morgan fingerprint density at radius 3 is 2.81 bits per heavy atom. The van der Waals surface area contributed by atoms with Gasteiger partial charge in [-0.15, -0.1) is 0 Å². The predicted molar refractivity (Wildman–Crippen MR) is 132 cm³/mol. The Kier molecular flexibility index (Phi) is 7.03. The first-order chi connectivity index (χ1) is 17.6. The van der Waals surface area contributed by atoms with Crippen LogP contribution in [0.3, 0.4) is 0 Å². The number of amides is 1. The molecule has 0 saturated carbocycles. The maximum absolute atomic E-state index is 13.1. The van der Waals surface area contributed by atoms with Crippen molar-refractivity contribution in [2.75, 3.05) is 49.7 Å². The van der Waals surface area contributed by atoms with E-state index in [-0.39, 0.29) is 24.8 Å². The molecule has 4 heterocycles. The van der Waals surface area contributed by atoms with Crippen molar-refractivity contribution in [1.82, 2.24) is 19.6 Å². The van der Waals surface area contributed by atoms with Crippen molar-refractivity contribution in [3.63, 3.8) is 0 Å². The van der Waals surface area contributed by atoms with E-state index in [2.05, 4.69) is 25.3 Å². The van der Waals surface area contributed by atoms with E-state index in [4.69, 9.17) is 14.6 Å². The summed E-state index contributed by atoms with van der Waals surface area (Å²) < 4.78 is 12.4. The standard InChI is InChI=1S/C25H26N6O5/c32-15-18(33)16-36-19-4-1-3-17(13-19)20-7-8-23-26-14-21(31(23)29-20)25(34)28-22-5-2-6-24(27-22)30-9-11-35-12-10-30/h1-8,13-14,18,32-33H,9-12,15-16H2,(H,27,28,34). The number of aromatic nitrogens is 4. The molecule has 3 aromatic heterocycles. The minimum absolute atomic E-state index is 0.0287. The van der Waals surface area contributed by atoms with E-state index in [1.54, 1.807) is 36.4 Å². The fourth-order valence-electron chi connectivity index (χ4n) is 3.81. The van der Waals surface area contributed by atoms with Gasteiger partial charge in [-0.05, 0) is 36.4 Å². The number of nitrogens with one attached hydrogen (secondary N) is 1. The number of anilines is 2. The van der Waals surface area contributed by atoms with E-state index in [1.165, 1.54) is 10.7 Å². The monoisotopic (exact) mass is 490 g/mol. The number of imidazole rings is 1. The summed E-state index contributed by atoms with van der Waals surface area (Å²) in [7, 11) is 0. The highest BCUT2D eigenvalue weighted by Crippen LogP contribution is 2.23. The first kappa shape index (κ1) is 23.7. The first-order valence-electron chi connectivity index (χ1n) is 11.6. The highest BCUT2D eigenvalue weighted by atomic mass is 16.5. The fraction of sp³-hybridized carbons (Fsp3) is 0.280. The number of hydrogen-bond donors (Lipinski definition) is 3. The Balaban J connectivity index is 1.36. The number of aliphatic hydroxyl groups excluding tert-OH is 2. The zero-order valence-electron chi connectivity index (χ0n) is 19.4. The van der Waals surface area contributed by atoms with Gasteiger partial charge in [-0.2, -0.15) is 5.10 Å². The number of carbonyl (C=O) groups is 1. The fourth-order valence-corrected chi connectivity index (χ4v) is 3.81. The molecule has 1 aliphatic heterocycles. The maximum atomic E-state index is 13.1. The molecule has 1 aromatic carbocycles. The van der Waals surface area contributed by atoms with Crippen molar-refractivity contribution in [1.29, 1.82) is 0 Å². The van der Waals surface area contributed by atoms with Gasteiger partial charge in [0.25, 0.3) is 5.91 Å². The Morgan fingerprint density at radius 2 is 1.97 bits per heavy atom. The van der Waals surface area contributed by atoms with E-state index in [1.807, 2.05) is 18.2 Å². The van der Waals surface area contributed by atoms with Crippen LogP contribution in [0.25, 0.3) is 16.9 Å². The van der Waals surface area contributed by atoms with Gasteiger partial charge in [0.05, 0.1) is 31.7 Å². The average molecular weight is 491 g/mol. The van der Waals surface area contributed by atoms with Crippen LogP contribution in [-0.2, 0) is 4.74 Å². The number of benzene rings is 1. The zero-order chi connectivity index (χ0) is 24.9. The summed E-state index contributed by atoms with van der Waals surface area (Å²) in [5, 5.41) is 26.0. The van der Waals surface area contributed by atoms with Gasteiger partial charge in [0.1, 0.15) is 30.1 Å². The van der Waals surface area contributed by atoms with Gasteiger partial charge in [-0.1, -0.05) is 18.2 Å². The van der Waals surface area contributed by atoms with E-state index in [0.717, 1.165) is 24.5 Å². The topological polar surface area (TPSA) is 134 Å². The van der Waals surface area contributed by atoms with Crippen LogP contribution in [0.5, 0.6) is 5.75 Å². The van der Waals surface area contributed by atoms with Crippen molar-refractivity contribution in [3.8, 4) is 17.0 Å². The first-order valence-corrected chi connectivity index (χ1v) is 11.6. The van der Waals surface area contributed by atoms with Gasteiger partial charge in [-0.3, -0.25) is 4.79 Å². The number of carbonyl (C=O) groups excluding carboxylic acids is 1. The third kappa shape index (κ3) is 5.28. The summed E-state index contributed by atoms with van der Waals surface area (Å²) in [5.41, 5.74) is 2.16. The lowest BCUT2D eigenvalue weighted by Gasteiger charge is -2.27. The SMILES string of the molecule is O=C(Nc1cccc(N2CCOCC2)n1)c1cnc2ccc(-c3cccc(OCC(O)CO)c3)nn12. The molecule has 36 heavy (non-hydrogen) atoms. The zero-order valence-corrected chi connectivity index (χ0v) is 19.4. The molecule has 0 aliphatic carbocycles. The van der Waals surface area contributed by atoms with Gasteiger partial charge < -0.3 is 29.9 Å². The number of pyridine rings is 1. The third-order valence-corrected chi connectivity index (χ3v) is 5.69. The highest BCUT2D eigenvalue weighted by molar-refractivity contribution is 6.03. The number of hydrogen-bond acceptors (Lipinski definition) is 9. The summed E-state index contributed by atoms with van der Waals surface area (Å²) in [6, 6.07) is 16.3. The van der Waals surface area contributed by atoms with E-state index in [0.29, 0.717) is 36.1 Å². The number of ether oxygens (including phenoxy) is 2. The van der Waals surface area contributed by atoms with Crippen molar-refractivity contribution in [3.05, 3.63) is 66.5 Å². The second kappa shape index (κ2) is 10.7. The molecule has 3 N–H and O–H groups in total. The summed E-state index contributed by atoms with van der Waals surface area (Å²) in [5.74, 6) is 1.36. The molecule has 1 atom stereocenters. The Morgan fingerprint density at radius 1 is 1.14 bits per heavy atom. The molecule has 0 spiro atoms. The molecule has 1 amide bonds. The second-order valence-electron chi connectivity index (χ2n) is 8.24. The van der Waals surface area contributed by atoms with Gasteiger partial charge in [0.15, 0.2) is 11.3 Å². The maximum Gasteiger partial charge on any atom is 0.277 e. The average Bonchev–Trinajstić information content (AvgIpc) is 3.36. The van der Waals surface area contributed by atoms with Crippen LogP contribution in [0.2, 0.25) is 0 Å². The molecule has 1 saturated heterocycles. The number of aliphatic hydroxyl groups is 2. The van der Waals surface area contributed by atoms with Crippen LogP contribution in [0.1, 0.15) is 10.5 Å². The second-order valence-corrected chi connectivity index (χ2v) is 8.24. The minimum Gasteiger partial charge on any atom is -0.491 e. The van der Waals surface area contributed by atoms with Crippen molar-refractivity contribution >= 4 is 23.2 Å². The molecular formula is C25H26N6O5. The molecule has 5 rings (SSSR count). The lowest BCUT2D eigenvalue weighted by atomic mass is 10.1. The molecule has 4 aromatic rings. The van der Waals surface area contributed by atoms with Gasteiger partial charge >= 0.3 is 0 Å². The van der Waals surface area contributed by atoms with Gasteiger partial charge in [0.2, 0.25) is 0 Å². The van der Waals surface area contributed by atoms with Crippen LogP contribution in [-0.4, -0.2) is 81.3 Å². The van der Waals surface area contributed by atoms with E-state index in [9.17, 15) is 9.90 Å². The lowest BCUT2D eigenvalue weighted by molar-refractivity contribution is 0.0536. The molecule has 1 unspecified atom stereocenters. The number of fused-ring (bicyclic) bond motifs is 1. The molecule has 0 radical (unpaired) electrons. The highest BCUT2D eigenvalue weighted by Gasteiger charge is 2.17. The van der Waals surface area contributed by atoms with Crippen LogP contribution in [0.15, 0.2) is 60.8 Å². The van der Waals surface area contributed by atoms with Crippen molar-refractivity contribution in [2.45, 2.75) is 6.10 Å². The third-order valence-electron chi connectivity index (χ3n) is 5.69. The van der Waals surface area contributed by atoms with Gasteiger partial charge in [0, 0.05) is 18.7 Å². The molecular weight excluding hydrogens is 464 g/mol. The van der Waals surface area contributed by atoms with E-state index < -0.39 is 6.10 Å². The molecule has 1 aliphatic rings. The molecule has 0 bridgehead atoms. The molecule has 11 nitrogen and oxygen atoms in total.